The molecule has 1 aromatic carbocycles. The second kappa shape index (κ2) is 4.45. The fourth-order valence-electron chi connectivity index (χ4n) is 2.78. The molecule has 1 aromatic rings. The van der Waals surface area contributed by atoms with Crippen LogP contribution in [-0.2, 0) is 6.54 Å². The molecule has 1 aliphatic rings. The van der Waals surface area contributed by atoms with E-state index in [0.717, 1.165) is 12.5 Å². The summed E-state index contributed by atoms with van der Waals surface area (Å²) >= 11 is 0. The molecular weight excluding hydrogens is 206 g/mol. The van der Waals surface area contributed by atoms with Crippen LogP contribution in [0.5, 0.6) is 0 Å². The van der Waals surface area contributed by atoms with Crippen LogP contribution in [0.25, 0.3) is 0 Å². The quantitative estimate of drug-likeness (QED) is 0.832. The third-order valence-electron chi connectivity index (χ3n) is 4.25. The molecule has 1 atom stereocenters. The molecular formula is C16H25N. The third kappa shape index (κ3) is 2.90. The van der Waals surface area contributed by atoms with Crippen molar-refractivity contribution >= 4 is 0 Å². The van der Waals surface area contributed by atoms with E-state index in [2.05, 4.69) is 52.1 Å². The van der Waals surface area contributed by atoms with E-state index in [9.17, 15) is 0 Å². The maximum absolute atomic E-state index is 3.62. The van der Waals surface area contributed by atoms with E-state index in [4.69, 9.17) is 0 Å². The second-order valence-electron chi connectivity index (χ2n) is 6.40. The Kier molecular flexibility index (Phi) is 3.31. The number of aryl methyl sites for hydroxylation is 3. The normalized spacial score (nSPS) is 21.6. The van der Waals surface area contributed by atoms with Crippen molar-refractivity contribution in [3.63, 3.8) is 0 Å². The van der Waals surface area contributed by atoms with Gasteiger partial charge in [-0.05, 0) is 61.8 Å². The summed E-state index contributed by atoms with van der Waals surface area (Å²) in [6, 6.07) is 4.57. The minimum atomic E-state index is 0.588. The number of hydrogen-bond acceptors (Lipinski definition) is 1. The number of benzene rings is 1. The Morgan fingerprint density at radius 1 is 1.18 bits per heavy atom. The Balaban J connectivity index is 1.91. The van der Waals surface area contributed by atoms with Crippen molar-refractivity contribution in [1.29, 1.82) is 0 Å². The lowest BCUT2D eigenvalue weighted by atomic mass is 10.00. The molecule has 1 nitrogen and oxygen atoms in total. The maximum atomic E-state index is 3.62. The second-order valence-corrected chi connectivity index (χ2v) is 6.40. The Labute approximate surface area is 106 Å². The van der Waals surface area contributed by atoms with E-state index in [0.29, 0.717) is 5.41 Å². The van der Waals surface area contributed by atoms with Gasteiger partial charge in [-0.15, -0.1) is 0 Å². The summed E-state index contributed by atoms with van der Waals surface area (Å²) < 4.78 is 0. The lowest BCUT2D eigenvalue weighted by Crippen LogP contribution is -2.19. The van der Waals surface area contributed by atoms with Crippen LogP contribution in [0.15, 0.2) is 12.1 Å². The lowest BCUT2D eigenvalue weighted by molar-refractivity contribution is 0.519. The molecule has 0 heterocycles. The maximum Gasteiger partial charge on any atom is 0.0210 e. The molecule has 1 heteroatoms. The first kappa shape index (κ1) is 12.6. The molecule has 2 rings (SSSR count). The third-order valence-corrected chi connectivity index (χ3v) is 4.25. The van der Waals surface area contributed by atoms with Gasteiger partial charge >= 0.3 is 0 Å². The SMILES string of the molecule is Cc1cc(C)c(CNCC2CC2(C)C)c(C)c1. The standard InChI is InChI=1S/C16H25N/c1-11-6-12(2)15(13(3)7-11)10-17-9-14-8-16(14,4)5/h6-7,14,17H,8-10H2,1-5H3. The fraction of sp³-hybridized carbons (Fsp3) is 0.625. The van der Waals surface area contributed by atoms with E-state index in [1.54, 1.807) is 0 Å². The molecule has 1 fully saturated rings. The van der Waals surface area contributed by atoms with Gasteiger partial charge in [0.15, 0.2) is 0 Å². The van der Waals surface area contributed by atoms with Crippen LogP contribution in [0.4, 0.5) is 0 Å². The summed E-state index contributed by atoms with van der Waals surface area (Å²) in [5, 5.41) is 3.62. The molecule has 0 saturated heterocycles. The van der Waals surface area contributed by atoms with Crippen molar-refractivity contribution in [3.8, 4) is 0 Å². The molecule has 0 amide bonds. The fourth-order valence-corrected chi connectivity index (χ4v) is 2.78. The zero-order valence-electron chi connectivity index (χ0n) is 11.9. The summed E-state index contributed by atoms with van der Waals surface area (Å²) in [6.45, 7) is 13.5. The van der Waals surface area contributed by atoms with Crippen LogP contribution in [0.2, 0.25) is 0 Å². The minimum absolute atomic E-state index is 0.588. The highest BCUT2D eigenvalue weighted by molar-refractivity contribution is 5.37. The van der Waals surface area contributed by atoms with Gasteiger partial charge in [0.25, 0.3) is 0 Å². The first-order valence-electron chi connectivity index (χ1n) is 6.67. The summed E-state index contributed by atoms with van der Waals surface area (Å²) in [5.41, 5.74) is 6.28. The highest BCUT2D eigenvalue weighted by Crippen LogP contribution is 2.50. The molecule has 1 saturated carbocycles. The van der Waals surface area contributed by atoms with Gasteiger partial charge in [0.1, 0.15) is 0 Å². The molecule has 1 aliphatic carbocycles. The van der Waals surface area contributed by atoms with Gasteiger partial charge in [0.05, 0.1) is 0 Å². The number of rotatable bonds is 4. The van der Waals surface area contributed by atoms with Crippen molar-refractivity contribution in [2.24, 2.45) is 11.3 Å². The van der Waals surface area contributed by atoms with Gasteiger partial charge in [-0.2, -0.15) is 0 Å². The smallest absolute Gasteiger partial charge is 0.0210 e. The number of hydrogen-bond donors (Lipinski definition) is 1. The lowest BCUT2D eigenvalue weighted by Gasteiger charge is -2.13. The van der Waals surface area contributed by atoms with Gasteiger partial charge in [-0.3, -0.25) is 0 Å². The zero-order chi connectivity index (χ0) is 12.6. The summed E-state index contributed by atoms with van der Waals surface area (Å²) in [6.07, 6.45) is 1.38. The average molecular weight is 231 g/mol. The summed E-state index contributed by atoms with van der Waals surface area (Å²) in [5.74, 6) is 0.883. The van der Waals surface area contributed by atoms with Crippen molar-refractivity contribution in [2.45, 2.75) is 47.6 Å². The van der Waals surface area contributed by atoms with Gasteiger partial charge in [0.2, 0.25) is 0 Å². The summed E-state index contributed by atoms with van der Waals surface area (Å²) in [4.78, 5) is 0. The Bertz CT molecular complexity index is 395. The predicted molar refractivity (Wildman–Crippen MR) is 74.2 cm³/mol. The minimum Gasteiger partial charge on any atom is -0.312 e. The van der Waals surface area contributed by atoms with Crippen molar-refractivity contribution in [2.75, 3.05) is 6.54 Å². The van der Waals surface area contributed by atoms with Gasteiger partial charge < -0.3 is 5.32 Å². The van der Waals surface area contributed by atoms with E-state index >= 15 is 0 Å². The summed E-state index contributed by atoms with van der Waals surface area (Å²) in [7, 11) is 0. The molecule has 0 radical (unpaired) electrons. The van der Waals surface area contributed by atoms with Crippen LogP contribution in [0.3, 0.4) is 0 Å². The number of nitrogens with one attached hydrogen (secondary N) is 1. The van der Waals surface area contributed by atoms with E-state index < -0.39 is 0 Å². The molecule has 0 aliphatic heterocycles. The van der Waals surface area contributed by atoms with Crippen molar-refractivity contribution < 1.29 is 0 Å². The predicted octanol–water partition coefficient (Wildman–Crippen LogP) is 3.75. The zero-order valence-corrected chi connectivity index (χ0v) is 11.9. The molecule has 0 spiro atoms. The first-order valence-corrected chi connectivity index (χ1v) is 6.67. The molecule has 0 bridgehead atoms. The van der Waals surface area contributed by atoms with Crippen LogP contribution in [-0.4, -0.2) is 6.54 Å². The Morgan fingerprint density at radius 3 is 2.18 bits per heavy atom. The van der Waals surface area contributed by atoms with Gasteiger partial charge in [-0.25, -0.2) is 0 Å². The van der Waals surface area contributed by atoms with Crippen LogP contribution in [0, 0.1) is 32.1 Å². The molecule has 94 valence electrons. The molecule has 0 aromatic heterocycles. The van der Waals surface area contributed by atoms with Gasteiger partial charge in [0, 0.05) is 6.54 Å². The van der Waals surface area contributed by atoms with Gasteiger partial charge in [-0.1, -0.05) is 31.5 Å². The topological polar surface area (TPSA) is 12.0 Å². The largest absolute Gasteiger partial charge is 0.312 e. The average Bonchev–Trinajstić information content (AvgIpc) is 2.78. The monoisotopic (exact) mass is 231 g/mol. The molecule has 1 N–H and O–H groups in total. The molecule has 1 unspecified atom stereocenters. The molecule has 17 heavy (non-hydrogen) atoms. The van der Waals surface area contributed by atoms with E-state index in [1.807, 2.05) is 0 Å². The van der Waals surface area contributed by atoms with Crippen molar-refractivity contribution in [1.82, 2.24) is 5.32 Å². The highest BCUT2D eigenvalue weighted by Gasteiger charge is 2.44. The highest BCUT2D eigenvalue weighted by atomic mass is 14.9. The Hall–Kier alpha value is -0.820. The Morgan fingerprint density at radius 2 is 1.71 bits per heavy atom. The van der Waals surface area contributed by atoms with Crippen LogP contribution in [0.1, 0.15) is 42.5 Å². The van der Waals surface area contributed by atoms with E-state index in [1.165, 1.54) is 35.2 Å². The van der Waals surface area contributed by atoms with E-state index in [-0.39, 0.29) is 0 Å². The van der Waals surface area contributed by atoms with Crippen LogP contribution >= 0.6 is 0 Å². The van der Waals surface area contributed by atoms with Crippen molar-refractivity contribution in [3.05, 3.63) is 34.4 Å². The first-order chi connectivity index (χ1) is 7.90. The van der Waals surface area contributed by atoms with Crippen LogP contribution < -0.4 is 5.32 Å².